The Labute approximate surface area is 194 Å². The Hall–Kier alpha value is -3.17. The van der Waals surface area contributed by atoms with Gasteiger partial charge < -0.3 is 14.5 Å². The predicted octanol–water partition coefficient (Wildman–Crippen LogP) is 3.20. The van der Waals surface area contributed by atoms with Gasteiger partial charge in [-0.15, -0.1) is 0 Å². The third-order valence-corrected chi connectivity index (χ3v) is 6.62. The van der Waals surface area contributed by atoms with Gasteiger partial charge in [-0.05, 0) is 24.5 Å². The summed E-state index contributed by atoms with van der Waals surface area (Å²) in [5, 5.41) is 0. The number of nitrogens with zero attached hydrogens (tertiary/aromatic N) is 4. The lowest BCUT2D eigenvalue weighted by molar-refractivity contribution is -0.138. The Morgan fingerprint density at radius 3 is 2.68 bits per heavy atom. The molecule has 0 unspecified atom stereocenters. The molecule has 0 bridgehead atoms. The van der Waals surface area contributed by atoms with Crippen molar-refractivity contribution in [2.75, 3.05) is 19.6 Å². The summed E-state index contributed by atoms with van der Waals surface area (Å²) in [7, 11) is 0. The molecule has 5 rings (SSSR count). The lowest BCUT2D eigenvalue weighted by atomic mass is 10.1. The molecule has 10 heteroatoms. The molecule has 2 amide bonds. The van der Waals surface area contributed by atoms with E-state index in [0.29, 0.717) is 36.9 Å². The standard InChI is InChI=1S/C24H25F3N4O3/c25-24(26,27)17-3-1-2-15(8-17)9-23(33)30-7-6-22(32)31-14-19(10-18(31)13-30)34-21-12-28-20(11-29-21)16-4-5-16/h1-3,8,11-12,16,18-19H,4-7,9-10,13-14H2/t18-,19-/m0/s1. The van der Waals surface area contributed by atoms with E-state index in [0.717, 1.165) is 30.7 Å². The number of carbonyl (C=O) groups excluding carboxylic acids is 2. The van der Waals surface area contributed by atoms with Crippen LogP contribution in [-0.4, -0.2) is 63.4 Å². The second kappa shape index (κ2) is 8.88. The zero-order valence-corrected chi connectivity index (χ0v) is 18.5. The maximum absolute atomic E-state index is 13.0. The fourth-order valence-electron chi connectivity index (χ4n) is 4.68. The van der Waals surface area contributed by atoms with Crippen LogP contribution in [0.1, 0.15) is 48.4 Å². The van der Waals surface area contributed by atoms with Crippen LogP contribution in [0.15, 0.2) is 36.7 Å². The number of hydrogen-bond donors (Lipinski definition) is 0. The van der Waals surface area contributed by atoms with Gasteiger partial charge in [-0.3, -0.25) is 14.6 Å². The molecule has 1 aliphatic carbocycles. The van der Waals surface area contributed by atoms with Crippen molar-refractivity contribution in [1.29, 1.82) is 0 Å². The number of aromatic nitrogens is 2. The van der Waals surface area contributed by atoms with Crippen molar-refractivity contribution in [2.24, 2.45) is 0 Å². The smallest absolute Gasteiger partial charge is 0.416 e. The summed E-state index contributed by atoms with van der Waals surface area (Å²) >= 11 is 0. The first-order valence-corrected chi connectivity index (χ1v) is 11.5. The lowest BCUT2D eigenvalue weighted by Crippen LogP contribution is -2.41. The van der Waals surface area contributed by atoms with Crippen LogP contribution in [0.3, 0.4) is 0 Å². The highest BCUT2D eigenvalue weighted by molar-refractivity contribution is 5.82. The first-order chi connectivity index (χ1) is 16.3. The molecule has 0 spiro atoms. The average Bonchev–Trinajstić information content (AvgIpc) is 3.59. The van der Waals surface area contributed by atoms with Gasteiger partial charge in [0.25, 0.3) is 0 Å². The van der Waals surface area contributed by atoms with E-state index >= 15 is 0 Å². The zero-order valence-electron chi connectivity index (χ0n) is 18.5. The molecule has 2 aromatic rings. The lowest BCUT2D eigenvalue weighted by Gasteiger charge is -2.25. The van der Waals surface area contributed by atoms with Gasteiger partial charge in [0.15, 0.2) is 0 Å². The van der Waals surface area contributed by atoms with E-state index in [4.69, 9.17) is 4.74 Å². The van der Waals surface area contributed by atoms with E-state index in [9.17, 15) is 22.8 Å². The van der Waals surface area contributed by atoms with Gasteiger partial charge in [-0.2, -0.15) is 13.2 Å². The van der Waals surface area contributed by atoms with Crippen molar-refractivity contribution in [3.8, 4) is 5.88 Å². The van der Waals surface area contributed by atoms with Crippen LogP contribution in [0.5, 0.6) is 5.88 Å². The van der Waals surface area contributed by atoms with Crippen molar-refractivity contribution in [3.05, 3.63) is 53.5 Å². The molecule has 34 heavy (non-hydrogen) atoms. The molecule has 2 atom stereocenters. The second-order valence-corrected chi connectivity index (χ2v) is 9.19. The summed E-state index contributed by atoms with van der Waals surface area (Å²) in [6, 6.07) is 4.60. The minimum Gasteiger partial charge on any atom is -0.471 e. The van der Waals surface area contributed by atoms with Crippen LogP contribution in [0, 0.1) is 0 Å². The van der Waals surface area contributed by atoms with Gasteiger partial charge in [0, 0.05) is 31.8 Å². The van der Waals surface area contributed by atoms with E-state index in [1.165, 1.54) is 12.1 Å². The van der Waals surface area contributed by atoms with Crippen LogP contribution >= 0.6 is 0 Å². The summed E-state index contributed by atoms with van der Waals surface area (Å²) in [5.41, 5.74) is 0.491. The van der Waals surface area contributed by atoms with Crippen molar-refractivity contribution in [1.82, 2.24) is 19.8 Å². The molecule has 1 saturated carbocycles. The Kier molecular flexibility index (Phi) is 5.91. The number of halogens is 3. The van der Waals surface area contributed by atoms with Crippen LogP contribution in [0.4, 0.5) is 13.2 Å². The van der Waals surface area contributed by atoms with Gasteiger partial charge in [-0.1, -0.05) is 18.2 Å². The van der Waals surface area contributed by atoms with Gasteiger partial charge in [0.1, 0.15) is 6.10 Å². The maximum atomic E-state index is 13.0. The van der Waals surface area contributed by atoms with Crippen molar-refractivity contribution >= 4 is 11.8 Å². The Morgan fingerprint density at radius 2 is 1.97 bits per heavy atom. The molecular formula is C24H25F3N4O3. The van der Waals surface area contributed by atoms with E-state index < -0.39 is 11.7 Å². The molecule has 3 fully saturated rings. The SMILES string of the molecule is O=C(Cc1cccc(C(F)(F)F)c1)N1CCC(=O)N2C[C@@H](Oc3cnc(C4CC4)cn3)C[C@H]2C1. The minimum atomic E-state index is -4.46. The summed E-state index contributed by atoms with van der Waals surface area (Å²) in [6.07, 6.45) is 1.48. The topological polar surface area (TPSA) is 75.6 Å². The van der Waals surface area contributed by atoms with Gasteiger partial charge in [0.05, 0.1) is 42.7 Å². The molecule has 2 saturated heterocycles. The maximum Gasteiger partial charge on any atom is 0.416 e. The molecule has 1 aromatic heterocycles. The Morgan fingerprint density at radius 1 is 1.15 bits per heavy atom. The highest BCUT2D eigenvalue weighted by Crippen LogP contribution is 2.38. The summed E-state index contributed by atoms with van der Waals surface area (Å²) < 4.78 is 45.0. The number of benzene rings is 1. The molecule has 7 nitrogen and oxygen atoms in total. The average molecular weight is 474 g/mol. The van der Waals surface area contributed by atoms with Crippen LogP contribution < -0.4 is 4.74 Å². The van der Waals surface area contributed by atoms with Gasteiger partial charge >= 0.3 is 6.18 Å². The van der Waals surface area contributed by atoms with E-state index in [1.807, 2.05) is 0 Å². The van der Waals surface area contributed by atoms with Crippen LogP contribution in [0.2, 0.25) is 0 Å². The van der Waals surface area contributed by atoms with Crippen molar-refractivity contribution in [2.45, 2.75) is 56.3 Å². The zero-order chi connectivity index (χ0) is 23.9. The molecule has 0 N–H and O–H groups in total. The van der Waals surface area contributed by atoms with E-state index in [-0.39, 0.29) is 43.3 Å². The van der Waals surface area contributed by atoms with Crippen LogP contribution in [0.25, 0.3) is 0 Å². The highest BCUT2D eigenvalue weighted by Gasteiger charge is 2.40. The predicted molar refractivity (Wildman–Crippen MR) is 115 cm³/mol. The third kappa shape index (κ3) is 5.00. The molecular weight excluding hydrogens is 449 g/mol. The first kappa shape index (κ1) is 22.6. The van der Waals surface area contributed by atoms with E-state index in [1.54, 1.807) is 22.2 Å². The monoisotopic (exact) mass is 474 g/mol. The molecule has 2 aliphatic heterocycles. The number of ether oxygens (including phenoxy) is 1. The second-order valence-electron chi connectivity index (χ2n) is 9.19. The highest BCUT2D eigenvalue weighted by atomic mass is 19.4. The van der Waals surface area contributed by atoms with Crippen molar-refractivity contribution < 1.29 is 27.5 Å². The molecule has 1 aromatic carbocycles. The fourth-order valence-corrected chi connectivity index (χ4v) is 4.68. The summed E-state index contributed by atoms with van der Waals surface area (Å²) in [6.45, 7) is 0.990. The fraction of sp³-hybridized carbons (Fsp3) is 0.500. The number of amides is 2. The Bertz CT molecular complexity index is 1070. The number of carbonyl (C=O) groups is 2. The van der Waals surface area contributed by atoms with Gasteiger partial charge in [0.2, 0.25) is 17.7 Å². The number of alkyl halides is 3. The van der Waals surface area contributed by atoms with Crippen LogP contribution in [-0.2, 0) is 22.2 Å². The van der Waals surface area contributed by atoms with Gasteiger partial charge in [-0.25, -0.2) is 4.98 Å². The number of fused-ring (bicyclic) bond motifs is 1. The molecule has 0 radical (unpaired) electrons. The Balaban J connectivity index is 1.21. The third-order valence-electron chi connectivity index (χ3n) is 6.62. The first-order valence-electron chi connectivity index (χ1n) is 11.5. The van der Waals surface area contributed by atoms with Crippen molar-refractivity contribution in [3.63, 3.8) is 0 Å². The summed E-state index contributed by atoms with van der Waals surface area (Å²) in [4.78, 5) is 37.7. The largest absolute Gasteiger partial charge is 0.471 e. The molecule has 180 valence electrons. The number of rotatable bonds is 5. The minimum absolute atomic E-state index is 0.0550. The number of hydrogen-bond acceptors (Lipinski definition) is 5. The van der Waals surface area contributed by atoms with E-state index in [2.05, 4.69) is 9.97 Å². The molecule has 3 aliphatic rings. The summed E-state index contributed by atoms with van der Waals surface area (Å²) in [5.74, 6) is 0.570. The normalized spacial score (nSPS) is 23.0. The molecule has 3 heterocycles. The quantitative estimate of drug-likeness (QED) is 0.666.